The Labute approximate surface area is 155 Å². The molecule has 0 heterocycles. The van der Waals surface area contributed by atoms with E-state index in [4.69, 9.17) is 9.47 Å². The van der Waals surface area contributed by atoms with Crippen LogP contribution in [0.4, 0.5) is 0 Å². The van der Waals surface area contributed by atoms with Crippen LogP contribution >= 0.6 is 0 Å². The quantitative estimate of drug-likeness (QED) is 0.762. The largest absolute Gasteiger partial charge is 0.497 e. The van der Waals surface area contributed by atoms with Crippen LogP contribution in [0.5, 0.6) is 11.5 Å². The van der Waals surface area contributed by atoms with Gasteiger partial charge in [0, 0.05) is 0 Å². The SMILES string of the molecule is COc1ccc(C(NC(=O)COc2cccc(C(C)C)c2)C2CC2)cc1. The zero-order chi connectivity index (χ0) is 18.5. The lowest BCUT2D eigenvalue weighted by Gasteiger charge is -2.19. The van der Waals surface area contributed by atoms with Crippen LogP contribution in [0.3, 0.4) is 0 Å². The second kappa shape index (κ2) is 8.26. The lowest BCUT2D eigenvalue weighted by atomic mass is 10.0. The molecular formula is C22H27NO3. The van der Waals surface area contributed by atoms with Crippen molar-refractivity contribution in [2.45, 2.75) is 38.6 Å². The summed E-state index contributed by atoms with van der Waals surface area (Å²) in [6, 6.07) is 15.9. The molecular weight excluding hydrogens is 326 g/mol. The molecule has 26 heavy (non-hydrogen) atoms. The lowest BCUT2D eigenvalue weighted by Crippen LogP contribution is -2.33. The van der Waals surface area contributed by atoms with Crippen molar-refractivity contribution in [2.24, 2.45) is 5.92 Å². The third-order valence-corrected chi connectivity index (χ3v) is 4.78. The topological polar surface area (TPSA) is 47.6 Å². The standard InChI is InChI=1S/C22H27NO3/c1-15(2)18-5-4-6-20(13-18)26-14-21(24)23-22(16-7-8-16)17-9-11-19(25-3)12-10-17/h4-6,9-13,15-16,22H,7-8,14H2,1-3H3,(H,23,24). The van der Waals surface area contributed by atoms with E-state index < -0.39 is 0 Å². The van der Waals surface area contributed by atoms with Crippen LogP contribution in [-0.2, 0) is 4.79 Å². The van der Waals surface area contributed by atoms with Gasteiger partial charge in [0.2, 0.25) is 0 Å². The number of nitrogens with one attached hydrogen (secondary N) is 1. The zero-order valence-corrected chi connectivity index (χ0v) is 15.7. The van der Waals surface area contributed by atoms with E-state index in [9.17, 15) is 4.79 Å². The minimum absolute atomic E-state index is 0.0287. The average molecular weight is 353 g/mol. The molecule has 4 heteroatoms. The fourth-order valence-corrected chi connectivity index (χ4v) is 3.04. The second-order valence-electron chi connectivity index (χ2n) is 7.17. The first kappa shape index (κ1) is 18.3. The minimum Gasteiger partial charge on any atom is -0.497 e. The number of hydrogen-bond donors (Lipinski definition) is 1. The number of ether oxygens (including phenoxy) is 2. The van der Waals surface area contributed by atoms with Gasteiger partial charge in [-0.2, -0.15) is 0 Å². The number of carbonyl (C=O) groups excluding carboxylic acids is 1. The Bertz CT molecular complexity index is 735. The summed E-state index contributed by atoms with van der Waals surface area (Å²) >= 11 is 0. The maximum absolute atomic E-state index is 12.4. The number of benzene rings is 2. The summed E-state index contributed by atoms with van der Waals surface area (Å²) in [5.41, 5.74) is 2.32. The highest BCUT2D eigenvalue weighted by Gasteiger charge is 2.33. The fraction of sp³-hybridized carbons (Fsp3) is 0.409. The van der Waals surface area contributed by atoms with E-state index in [1.165, 1.54) is 5.56 Å². The molecule has 1 aliphatic rings. The Morgan fingerprint density at radius 2 is 1.81 bits per heavy atom. The van der Waals surface area contributed by atoms with Gasteiger partial charge in [0.25, 0.3) is 5.91 Å². The van der Waals surface area contributed by atoms with Gasteiger partial charge in [-0.3, -0.25) is 4.79 Å². The molecule has 3 rings (SSSR count). The monoisotopic (exact) mass is 353 g/mol. The molecule has 0 radical (unpaired) electrons. The predicted molar refractivity (Wildman–Crippen MR) is 103 cm³/mol. The maximum Gasteiger partial charge on any atom is 0.258 e. The molecule has 0 aliphatic heterocycles. The van der Waals surface area contributed by atoms with Crippen molar-refractivity contribution in [3.05, 3.63) is 59.7 Å². The van der Waals surface area contributed by atoms with Crippen molar-refractivity contribution in [1.29, 1.82) is 0 Å². The van der Waals surface area contributed by atoms with Gasteiger partial charge in [0.1, 0.15) is 11.5 Å². The van der Waals surface area contributed by atoms with E-state index in [1.807, 2.05) is 42.5 Å². The molecule has 1 fully saturated rings. The van der Waals surface area contributed by atoms with Gasteiger partial charge >= 0.3 is 0 Å². The number of hydrogen-bond acceptors (Lipinski definition) is 3. The summed E-state index contributed by atoms with van der Waals surface area (Å²) < 4.78 is 10.9. The Hall–Kier alpha value is -2.49. The van der Waals surface area contributed by atoms with E-state index in [1.54, 1.807) is 7.11 Å². The van der Waals surface area contributed by atoms with Crippen LogP contribution in [0, 0.1) is 5.92 Å². The molecule has 1 atom stereocenters. The molecule has 1 aliphatic carbocycles. The second-order valence-corrected chi connectivity index (χ2v) is 7.17. The Morgan fingerprint density at radius 1 is 1.08 bits per heavy atom. The average Bonchev–Trinajstić information content (AvgIpc) is 3.50. The summed E-state index contributed by atoms with van der Waals surface area (Å²) in [5, 5.41) is 3.14. The highest BCUT2D eigenvalue weighted by Crippen LogP contribution is 2.41. The first-order valence-electron chi connectivity index (χ1n) is 9.23. The van der Waals surface area contributed by atoms with Gasteiger partial charge in [0.15, 0.2) is 6.61 Å². The lowest BCUT2D eigenvalue weighted by molar-refractivity contribution is -0.124. The van der Waals surface area contributed by atoms with Gasteiger partial charge in [-0.05, 0) is 60.1 Å². The number of carbonyl (C=O) groups is 1. The molecule has 2 aromatic carbocycles. The molecule has 138 valence electrons. The molecule has 0 aromatic heterocycles. The molecule has 2 aromatic rings. The van der Waals surface area contributed by atoms with Gasteiger partial charge in [0.05, 0.1) is 13.2 Å². The van der Waals surface area contributed by atoms with E-state index in [0.29, 0.717) is 11.8 Å². The number of amides is 1. The molecule has 0 spiro atoms. The van der Waals surface area contributed by atoms with Crippen LogP contribution in [0.2, 0.25) is 0 Å². The maximum atomic E-state index is 12.4. The van der Waals surface area contributed by atoms with Gasteiger partial charge in [-0.25, -0.2) is 0 Å². The normalized spacial score (nSPS) is 14.8. The number of methoxy groups -OCH3 is 1. The van der Waals surface area contributed by atoms with Crippen molar-refractivity contribution in [3.8, 4) is 11.5 Å². The third-order valence-electron chi connectivity index (χ3n) is 4.78. The van der Waals surface area contributed by atoms with Gasteiger partial charge in [-0.1, -0.05) is 38.1 Å². The van der Waals surface area contributed by atoms with Crippen LogP contribution in [-0.4, -0.2) is 19.6 Å². The van der Waals surface area contributed by atoms with E-state index in [2.05, 4.69) is 25.2 Å². The highest BCUT2D eigenvalue weighted by atomic mass is 16.5. The molecule has 1 N–H and O–H groups in total. The van der Waals surface area contributed by atoms with Crippen molar-refractivity contribution in [3.63, 3.8) is 0 Å². The van der Waals surface area contributed by atoms with Gasteiger partial charge in [-0.15, -0.1) is 0 Å². The zero-order valence-electron chi connectivity index (χ0n) is 15.7. The van der Waals surface area contributed by atoms with Crippen molar-refractivity contribution in [1.82, 2.24) is 5.32 Å². The highest BCUT2D eigenvalue weighted by molar-refractivity contribution is 5.78. The van der Waals surface area contributed by atoms with Crippen molar-refractivity contribution in [2.75, 3.05) is 13.7 Å². The van der Waals surface area contributed by atoms with Crippen molar-refractivity contribution >= 4 is 5.91 Å². The molecule has 1 unspecified atom stereocenters. The molecule has 0 saturated heterocycles. The first-order chi connectivity index (χ1) is 12.6. The summed E-state index contributed by atoms with van der Waals surface area (Å²) in [4.78, 5) is 12.4. The van der Waals surface area contributed by atoms with Crippen LogP contribution in [0.1, 0.15) is 49.8 Å². The molecule has 1 saturated carbocycles. The van der Waals surface area contributed by atoms with Crippen LogP contribution in [0.15, 0.2) is 48.5 Å². The molecule has 4 nitrogen and oxygen atoms in total. The van der Waals surface area contributed by atoms with E-state index in [0.717, 1.165) is 29.9 Å². The number of rotatable bonds is 8. The first-order valence-corrected chi connectivity index (χ1v) is 9.23. The van der Waals surface area contributed by atoms with Crippen molar-refractivity contribution < 1.29 is 14.3 Å². The van der Waals surface area contributed by atoms with E-state index in [-0.39, 0.29) is 18.6 Å². The van der Waals surface area contributed by atoms with Gasteiger partial charge < -0.3 is 14.8 Å². The van der Waals surface area contributed by atoms with Crippen LogP contribution in [0.25, 0.3) is 0 Å². The Kier molecular flexibility index (Phi) is 5.82. The smallest absolute Gasteiger partial charge is 0.258 e. The molecule has 1 amide bonds. The predicted octanol–water partition coefficient (Wildman–Crippen LogP) is 4.46. The minimum atomic E-state index is -0.0901. The Balaban J connectivity index is 1.59. The summed E-state index contributed by atoms with van der Waals surface area (Å²) in [6.07, 6.45) is 2.29. The summed E-state index contributed by atoms with van der Waals surface area (Å²) in [7, 11) is 1.65. The third kappa shape index (κ3) is 4.78. The molecule has 0 bridgehead atoms. The van der Waals surface area contributed by atoms with E-state index >= 15 is 0 Å². The summed E-state index contributed by atoms with van der Waals surface area (Å²) in [5.74, 6) is 2.41. The fourth-order valence-electron chi connectivity index (χ4n) is 3.04. The Morgan fingerprint density at radius 3 is 2.42 bits per heavy atom. The summed E-state index contributed by atoms with van der Waals surface area (Å²) in [6.45, 7) is 4.31. The van der Waals surface area contributed by atoms with Crippen LogP contribution < -0.4 is 14.8 Å².